The van der Waals surface area contributed by atoms with Crippen LogP contribution in [0.2, 0.25) is 10.0 Å². The molecule has 22 heavy (non-hydrogen) atoms. The Morgan fingerprint density at radius 2 is 1.73 bits per heavy atom. The first-order chi connectivity index (χ1) is 10.5. The lowest BCUT2D eigenvalue weighted by Gasteiger charge is -2.08. The molecule has 0 radical (unpaired) electrons. The zero-order valence-corrected chi connectivity index (χ0v) is 13.6. The summed E-state index contributed by atoms with van der Waals surface area (Å²) in [6, 6.07) is 6.22. The number of aromatic nitrogens is 2. The van der Waals surface area contributed by atoms with Gasteiger partial charge in [0, 0.05) is 10.6 Å². The van der Waals surface area contributed by atoms with Crippen LogP contribution in [0.4, 0.5) is 0 Å². The molecule has 0 bridgehead atoms. The molecule has 0 fully saturated rings. The van der Waals surface area contributed by atoms with Gasteiger partial charge in [-0.25, -0.2) is 9.97 Å². The average Bonchev–Trinajstić information content (AvgIpc) is 2.53. The molecule has 0 aliphatic heterocycles. The van der Waals surface area contributed by atoms with Gasteiger partial charge in [0.1, 0.15) is 0 Å². The Morgan fingerprint density at radius 3 is 2.36 bits per heavy atom. The van der Waals surface area contributed by atoms with Gasteiger partial charge in [-0.05, 0) is 30.5 Å². The van der Waals surface area contributed by atoms with E-state index in [1.165, 1.54) is 30.1 Å². The summed E-state index contributed by atoms with van der Waals surface area (Å²) in [5, 5.41) is 1.01. The summed E-state index contributed by atoms with van der Waals surface area (Å²) < 4.78 is 0. The minimum atomic E-state index is -0.634. The van der Waals surface area contributed by atoms with Gasteiger partial charge >= 0.3 is 0 Å². The standard InChI is InChI=1S/C13H10Cl2N4O2S/c1-22-13-16-6-9(15)10(17-13)12(21)19-18-11(20)7-2-4-8(14)5-3-7/h2-6H,1H3,(H,18,20)(H,19,21). The molecule has 6 nitrogen and oxygen atoms in total. The first kappa shape index (κ1) is 16.5. The number of hydrogen-bond donors (Lipinski definition) is 2. The van der Waals surface area contributed by atoms with Crippen molar-refractivity contribution in [3.63, 3.8) is 0 Å². The summed E-state index contributed by atoms with van der Waals surface area (Å²) in [6.07, 6.45) is 3.10. The number of nitrogens with one attached hydrogen (secondary N) is 2. The number of hydrogen-bond acceptors (Lipinski definition) is 5. The van der Waals surface area contributed by atoms with Crippen LogP contribution in [0.25, 0.3) is 0 Å². The molecule has 0 unspecified atom stereocenters. The maximum atomic E-state index is 12.0. The van der Waals surface area contributed by atoms with Gasteiger partial charge in [0.2, 0.25) is 0 Å². The Labute approximate surface area is 140 Å². The number of amides is 2. The zero-order chi connectivity index (χ0) is 16.1. The summed E-state index contributed by atoms with van der Waals surface area (Å²) in [4.78, 5) is 31.8. The fourth-order valence-corrected chi connectivity index (χ4v) is 2.10. The molecule has 0 saturated carbocycles. The summed E-state index contributed by atoms with van der Waals surface area (Å²) in [5.74, 6) is -1.12. The van der Waals surface area contributed by atoms with E-state index in [0.717, 1.165) is 0 Å². The Hall–Kier alpha value is -1.83. The van der Waals surface area contributed by atoms with Gasteiger partial charge in [-0.1, -0.05) is 35.0 Å². The number of hydrazine groups is 1. The topological polar surface area (TPSA) is 84.0 Å². The number of halogens is 2. The van der Waals surface area contributed by atoms with E-state index in [1.807, 2.05) is 0 Å². The molecule has 0 spiro atoms. The summed E-state index contributed by atoms with van der Waals surface area (Å²) in [5.41, 5.74) is 4.86. The SMILES string of the molecule is CSc1ncc(Cl)c(C(=O)NNC(=O)c2ccc(Cl)cc2)n1. The molecule has 2 amide bonds. The Balaban J connectivity index is 2.03. The molecule has 0 aliphatic carbocycles. The minimum absolute atomic E-state index is 0.0163. The third kappa shape index (κ3) is 4.09. The van der Waals surface area contributed by atoms with Crippen LogP contribution in [-0.4, -0.2) is 28.0 Å². The van der Waals surface area contributed by atoms with Crippen LogP contribution >= 0.6 is 35.0 Å². The van der Waals surface area contributed by atoms with E-state index in [1.54, 1.807) is 18.4 Å². The third-order valence-electron chi connectivity index (χ3n) is 2.52. The van der Waals surface area contributed by atoms with Gasteiger partial charge in [-0.2, -0.15) is 0 Å². The van der Waals surface area contributed by atoms with Crippen LogP contribution in [0, 0.1) is 0 Å². The highest BCUT2D eigenvalue weighted by Gasteiger charge is 2.15. The molecule has 1 aromatic carbocycles. The number of thioether (sulfide) groups is 1. The summed E-state index contributed by atoms with van der Waals surface area (Å²) in [7, 11) is 0. The highest BCUT2D eigenvalue weighted by molar-refractivity contribution is 7.98. The van der Waals surface area contributed by atoms with Gasteiger partial charge in [0.05, 0.1) is 11.2 Å². The number of rotatable bonds is 3. The Kier molecular flexibility index (Phi) is 5.59. The smallest absolute Gasteiger partial charge is 0.267 e. The van der Waals surface area contributed by atoms with E-state index >= 15 is 0 Å². The van der Waals surface area contributed by atoms with E-state index < -0.39 is 11.8 Å². The lowest BCUT2D eigenvalue weighted by molar-refractivity contribution is 0.0843. The highest BCUT2D eigenvalue weighted by Crippen LogP contribution is 2.16. The van der Waals surface area contributed by atoms with Gasteiger partial charge in [0.15, 0.2) is 10.9 Å². The molecule has 114 valence electrons. The molecule has 0 atom stereocenters. The van der Waals surface area contributed by atoms with Crippen LogP contribution in [0.1, 0.15) is 20.8 Å². The molecule has 1 heterocycles. The molecule has 2 N–H and O–H groups in total. The first-order valence-corrected chi connectivity index (χ1v) is 7.92. The molecule has 0 aliphatic rings. The van der Waals surface area contributed by atoms with Crippen LogP contribution in [0.5, 0.6) is 0 Å². The lowest BCUT2D eigenvalue weighted by atomic mass is 10.2. The van der Waals surface area contributed by atoms with Gasteiger partial charge < -0.3 is 0 Å². The summed E-state index contributed by atoms with van der Waals surface area (Å²) in [6.45, 7) is 0. The van der Waals surface area contributed by atoms with E-state index in [2.05, 4.69) is 20.8 Å². The van der Waals surface area contributed by atoms with E-state index in [4.69, 9.17) is 23.2 Å². The predicted molar refractivity (Wildman–Crippen MR) is 85.2 cm³/mol. The fraction of sp³-hybridized carbons (Fsp3) is 0.0769. The lowest BCUT2D eigenvalue weighted by Crippen LogP contribution is -2.42. The average molecular weight is 357 g/mol. The van der Waals surface area contributed by atoms with Crippen molar-refractivity contribution >= 4 is 46.8 Å². The number of carbonyl (C=O) groups excluding carboxylic acids is 2. The highest BCUT2D eigenvalue weighted by atomic mass is 35.5. The van der Waals surface area contributed by atoms with Crippen LogP contribution < -0.4 is 10.9 Å². The molecular formula is C13H10Cl2N4O2S. The molecule has 1 aromatic heterocycles. The molecule has 2 aromatic rings. The first-order valence-electron chi connectivity index (χ1n) is 5.94. The van der Waals surface area contributed by atoms with Gasteiger partial charge in [-0.15, -0.1) is 0 Å². The van der Waals surface area contributed by atoms with Crippen molar-refractivity contribution in [2.24, 2.45) is 0 Å². The molecular weight excluding hydrogens is 347 g/mol. The van der Waals surface area contributed by atoms with E-state index in [-0.39, 0.29) is 10.7 Å². The monoisotopic (exact) mass is 356 g/mol. The van der Waals surface area contributed by atoms with Crippen molar-refractivity contribution in [2.75, 3.05) is 6.26 Å². The molecule has 9 heteroatoms. The molecule has 0 saturated heterocycles. The van der Waals surface area contributed by atoms with Crippen LogP contribution in [0.15, 0.2) is 35.6 Å². The third-order valence-corrected chi connectivity index (χ3v) is 3.61. The van der Waals surface area contributed by atoms with E-state index in [9.17, 15) is 9.59 Å². The fourth-order valence-electron chi connectivity index (χ4n) is 1.45. The second kappa shape index (κ2) is 7.44. The predicted octanol–water partition coefficient (Wildman–Crippen LogP) is 2.58. The van der Waals surface area contributed by atoms with E-state index in [0.29, 0.717) is 15.7 Å². The maximum absolute atomic E-state index is 12.0. The Bertz CT molecular complexity index is 710. The van der Waals surface area contributed by atoms with Crippen molar-refractivity contribution in [2.45, 2.75) is 5.16 Å². The molecule has 2 rings (SSSR count). The summed E-state index contributed by atoms with van der Waals surface area (Å²) >= 11 is 12.9. The normalized spacial score (nSPS) is 10.1. The van der Waals surface area contributed by atoms with Crippen molar-refractivity contribution in [1.82, 2.24) is 20.8 Å². The quantitative estimate of drug-likeness (QED) is 0.501. The number of nitrogens with zero attached hydrogens (tertiary/aromatic N) is 2. The second-order valence-corrected chi connectivity index (χ2v) is 5.59. The largest absolute Gasteiger partial charge is 0.289 e. The van der Waals surface area contributed by atoms with Crippen molar-refractivity contribution in [3.05, 3.63) is 51.8 Å². The van der Waals surface area contributed by atoms with Crippen molar-refractivity contribution in [1.29, 1.82) is 0 Å². The minimum Gasteiger partial charge on any atom is -0.267 e. The van der Waals surface area contributed by atoms with Crippen LogP contribution in [0.3, 0.4) is 0 Å². The van der Waals surface area contributed by atoms with Gasteiger partial charge in [0.25, 0.3) is 11.8 Å². The number of benzene rings is 1. The van der Waals surface area contributed by atoms with Crippen molar-refractivity contribution < 1.29 is 9.59 Å². The second-order valence-electron chi connectivity index (χ2n) is 3.97. The van der Waals surface area contributed by atoms with Crippen molar-refractivity contribution in [3.8, 4) is 0 Å². The Morgan fingerprint density at radius 1 is 1.09 bits per heavy atom. The van der Waals surface area contributed by atoms with Crippen LogP contribution in [-0.2, 0) is 0 Å². The van der Waals surface area contributed by atoms with Gasteiger partial charge in [-0.3, -0.25) is 20.4 Å². The number of carbonyl (C=O) groups is 2. The zero-order valence-electron chi connectivity index (χ0n) is 11.3. The maximum Gasteiger partial charge on any atom is 0.289 e.